The number of anilines is 2. The molecule has 74 valence electrons. The maximum atomic E-state index is 5.16. The number of nitrogens with one attached hydrogen (secondary N) is 1. The fourth-order valence-electron chi connectivity index (χ4n) is 1.29. The van der Waals surface area contributed by atoms with Gasteiger partial charge in [0, 0.05) is 0 Å². The van der Waals surface area contributed by atoms with Crippen molar-refractivity contribution in [2.75, 3.05) is 5.32 Å². The first-order valence-electron chi connectivity index (χ1n) is 4.41. The van der Waals surface area contributed by atoms with Gasteiger partial charge >= 0.3 is 91.4 Å². The normalized spacial score (nSPS) is 10.7. The molecule has 0 unspecified atom stereocenters. The summed E-state index contributed by atoms with van der Waals surface area (Å²) < 4.78 is 5.16. The second-order valence-electron chi connectivity index (χ2n) is 3.00. The fraction of sp³-hybridized carbons (Fsp3) is 0. The predicted molar refractivity (Wildman–Crippen MR) is 58.5 cm³/mol. The number of aromatic nitrogens is 2. The first-order valence-corrected chi connectivity index (χ1v) is 6.39. The van der Waals surface area contributed by atoms with Gasteiger partial charge in [0.15, 0.2) is 0 Å². The quantitative estimate of drug-likeness (QED) is 0.719. The van der Waals surface area contributed by atoms with Crippen LogP contribution in [0.25, 0.3) is 11.1 Å². The predicted octanol–water partition coefficient (Wildman–Crippen LogP) is 2.02. The Morgan fingerprint density at radius 3 is 3.20 bits per heavy atom. The minimum absolute atomic E-state index is 0.474. The van der Waals surface area contributed by atoms with Crippen molar-refractivity contribution in [1.29, 1.82) is 0 Å². The molecular formula is C10H7N3OSe. The van der Waals surface area contributed by atoms with Crippen molar-refractivity contribution in [1.82, 2.24) is 9.97 Å². The molecule has 0 bridgehead atoms. The zero-order chi connectivity index (χ0) is 10.1. The van der Waals surface area contributed by atoms with Crippen LogP contribution in [0.2, 0.25) is 0 Å². The summed E-state index contributed by atoms with van der Waals surface area (Å²) in [5, 5.41) is 3.15. The summed E-state index contributed by atoms with van der Waals surface area (Å²) in [7, 11) is 0. The van der Waals surface area contributed by atoms with Crippen molar-refractivity contribution < 1.29 is 4.42 Å². The van der Waals surface area contributed by atoms with E-state index < -0.39 is 0 Å². The Balaban J connectivity index is 1.97. The van der Waals surface area contributed by atoms with Gasteiger partial charge in [0.2, 0.25) is 0 Å². The molecule has 15 heavy (non-hydrogen) atoms. The average Bonchev–Trinajstić information content (AvgIpc) is 2.87. The van der Waals surface area contributed by atoms with E-state index >= 15 is 0 Å². The van der Waals surface area contributed by atoms with Crippen molar-refractivity contribution in [2.24, 2.45) is 0 Å². The van der Waals surface area contributed by atoms with Crippen LogP contribution in [0.1, 0.15) is 0 Å². The number of furan rings is 1. The summed E-state index contributed by atoms with van der Waals surface area (Å²) in [5.41, 5.74) is 2.60. The molecule has 0 aliphatic rings. The van der Waals surface area contributed by atoms with E-state index in [0.29, 0.717) is 26.0 Å². The van der Waals surface area contributed by atoms with Crippen LogP contribution in [0.3, 0.4) is 0 Å². The third-order valence-corrected chi connectivity index (χ3v) is 3.41. The zero-order valence-corrected chi connectivity index (χ0v) is 9.39. The molecule has 5 heteroatoms. The molecule has 1 N–H and O–H groups in total. The first kappa shape index (κ1) is 8.71. The topological polar surface area (TPSA) is 51.0 Å². The summed E-state index contributed by atoms with van der Waals surface area (Å²) in [5.74, 6) is 0.609. The molecule has 0 radical (unpaired) electrons. The van der Waals surface area contributed by atoms with Crippen molar-refractivity contribution in [3.63, 3.8) is 0 Å². The van der Waals surface area contributed by atoms with Crippen LogP contribution in [-0.4, -0.2) is 24.5 Å². The molecule has 0 spiro atoms. The van der Waals surface area contributed by atoms with Gasteiger partial charge in [-0.3, -0.25) is 0 Å². The Morgan fingerprint density at radius 2 is 2.33 bits per heavy atom. The van der Waals surface area contributed by atoms with Gasteiger partial charge in [-0.05, 0) is 0 Å². The van der Waals surface area contributed by atoms with Gasteiger partial charge < -0.3 is 0 Å². The van der Waals surface area contributed by atoms with E-state index in [1.165, 1.54) is 0 Å². The number of fused-ring (bicyclic) bond motifs is 1. The van der Waals surface area contributed by atoms with Crippen LogP contribution in [0, 0.1) is 0 Å². The summed E-state index contributed by atoms with van der Waals surface area (Å²) >= 11 is 0.474. The van der Waals surface area contributed by atoms with Crippen molar-refractivity contribution in [2.45, 2.75) is 0 Å². The molecule has 0 saturated heterocycles. The minimum atomic E-state index is 0.474. The third-order valence-electron chi connectivity index (χ3n) is 1.98. The third kappa shape index (κ3) is 1.67. The molecule has 0 aliphatic carbocycles. The standard InChI is InChI=1S/C10H7N3OSe/c1-3-14-9-5-11-10(13-8(1)9)12-7-2-4-15-6-7/h1-6H,(H,11,12,13). The van der Waals surface area contributed by atoms with Gasteiger partial charge in [-0.15, -0.1) is 0 Å². The Kier molecular flexibility index (Phi) is 2.05. The van der Waals surface area contributed by atoms with Crippen molar-refractivity contribution in [3.05, 3.63) is 34.5 Å². The monoisotopic (exact) mass is 265 g/mol. The molecule has 0 atom stereocenters. The van der Waals surface area contributed by atoms with Crippen LogP contribution < -0.4 is 5.32 Å². The first-order chi connectivity index (χ1) is 7.42. The molecule has 3 rings (SSSR count). The van der Waals surface area contributed by atoms with E-state index in [1.54, 1.807) is 12.5 Å². The zero-order valence-electron chi connectivity index (χ0n) is 7.68. The van der Waals surface area contributed by atoms with E-state index in [1.807, 2.05) is 12.1 Å². The van der Waals surface area contributed by atoms with E-state index in [-0.39, 0.29) is 0 Å². The molecule has 0 saturated carbocycles. The Morgan fingerprint density at radius 1 is 1.33 bits per heavy atom. The molecule has 3 heterocycles. The maximum absolute atomic E-state index is 5.16. The van der Waals surface area contributed by atoms with E-state index in [0.717, 1.165) is 11.2 Å². The summed E-state index contributed by atoms with van der Waals surface area (Å²) in [6.07, 6.45) is 3.29. The molecule has 0 fully saturated rings. The number of rotatable bonds is 2. The van der Waals surface area contributed by atoms with Crippen LogP contribution in [0.4, 0.5) is 11.6 Å². The second-order valence-corrected chi connectivity index (χ2v) is 4.64. The SMILES string of the molecule is c1cc2nc(Nc3cc[se]c3)ncc2o1. The molecule has 4 nitrogen and oxygen atoms in total. The molecule has 0 aromatic carbocycles. The molecule has 3 aromatic heterocycles. The number of nitrogens with zero attached hydrogens (tertiary/aromatic N) is 2. The van der Waals surface area contributed by atoms with Crippen LogP contribution >= 0.6 is 0 Å². The molecule has 3 aromatic rings. The second kappa shape index (κ2) is 3.53. The summed E-state index contributed by atoms with van der Waals surface area (Å²) in [4.78, 5) is 12.8. The van der Waals surface area contributed by atoms with Crippen LogP contribution in [-0.2, 0) is 0 Å². The van der Waals surface area contributed by atoms with Gasteiger partial charge in [-0.25, -0.2) is 0 Å². The Labute approximate surface area is 91.7 Å². The van der Waals surface area contributed by atoms with E-state index in [4.69, 9.17) is 4.42 Å². The van der Waals surface area contributed by atoms with Gasteiger partial charge in [0.1, 0.15) is 0 Å². The van der Waals surface area contributed by atoms with Gasteiger partial charge in [0.05, 0.1) is 0 Å². The molecular weight excluding hydrogens is 257 g/mol. The van der Waals surface area contributed by atoms with Gasteiger partial charge in [-0.2, -0.15) is 0 Å². The van der Waals surface area contributed by atoms with E-state index in [9.17, 15) is 0 Å². The fourth-order valence-corrected chi connectivity index (χ4v) is 2.52. The molecule has 0 amide bonds. The Bertz CT molecular complexity index is 573. The van der Waals surface area contributed by atoms with Crippen molar-refractivity contribution >= 4 is 37.2 Å². The van der Waals surface area contributed by atoms with Crippen LogP contribution in [0.5, 0.6) is 0 Å². The average molecular weight is 264 g/mol. The van der Waals surface area contributed by atoms with Gasteiger partial charge in [0.25, 0.3) is 0 Å². The summed E-state index contributed by atoms with van der Waals surface area (Å²) in [6.45, 7) is 0. The number of hydrogen-bond donors (Lipinski definition) is 1. The number of hydrogen-bond acceptors (Lipinski definition) is 4. The molecule has 0 aliphatic heterocycles. The Hall–Kier alpha value is -1.58. The van der Waals surface area contributed by atoms with E-state index in [2.05, 4.69) is 25.2 Å². The van der Waals surface area contributed by atoms with Crippen LogP contribution in [0.15, 0.2) is 38.9 Å². The summed E-state index contributed by atoms with van der Waals surface area (Å²) in [6, 6.07) is 3.87. The van der Waals surface area contributed by atoms with Crippen molar-refractivity contribution in [3.8, 4) is 0 Å². The van der Waals surface area contributed by atoms with Gasteiger partial charge in [-0.1, -0.05) is 0 Å².